The maximum atomic E-state index is 13.2. The van der Waals surface area contributed by atoms with E-state index >= 15 is 0 Å². The molecule has 1 atom stereocenters. The van der Waals surface area contributed by atoms with Gasteiger partial charge in [0, 0.05) is 22.6 Å². The van der Waals surface area contributed by atoms with Crippen molar-refractivity contribution >= 4 is 32.8 Å². The summed E-state index contributed by atoms with van der Waals surface area (Å²) in [6.45, 7) is 3.87. The zero-order valence-corrected chi connectivity index (χ0v) is 19.0. The second-order valence-corrected chi connectivity index (χ2v) is 10.4. The Bertz CT molecular complexity index is 1220. The molecule has 0 aliphatic carbocycles. The third-order valence-corrected chi connectivity index (χ3v) is 8.09. The number of fused-ring (bicyclic) bond motifs is 1. The first-order chi connectivity index (χ1) is 14.8. The van der Waals surface area contributed by atoms with Crippen molar-refractivity contribution in [2.45, 2.75) is 42.1 Å². The monoisotopic (exact) mass is 457 g/mol. The van der Waals surface area contributed by atoms with Crippen LogP contribution in [0.3, 0.4) is 0 Å². The average Bonchev–Trinajstić information content (AvgIpc) is 3.18. The lowest BCUT2D eigenvalue weighted by Gasteiger charge is -2.24. The molecule has 3 aromatic rings. The van der Waals surface area contributed by atoms with E-state index in [4.69, 9.17) is 9.47 Å². The highest BCUT2D eigenvalue weighted by Crippen LogP contribution is 2.47. The molecule has 0 radical (unpaired) electrons. The number of benzene rings is 2. The Kier molecular flexibility index (Phi) is 5.77. The lowest BCUT2D eigenvalue weighted by atomic mass is 9.90. The highest BCUT2D eigenvalue weighted by atomic mass is 32.2. The Balaban J connectivity index is 1.77. The van der Waals surface area contributed by atoms with Crippen LogP contribution in [0.5, 0.6) is 11.5 Å². The van der Waals surface area contributed by atoms with Crippen molar-refractivity contribution in [3.63, 3.8) is 0 Å². The molecule has 0 saturated heterocycles. The molecule has 6 nitrogen and oxygen atoms in total. The largest absolute Gasteiger partial charge is 0.493 e. The van der Waals surface area contributed by atoms with Gasteiger partial charge in [0.25, 0.3) is 0 Å². The number of carbonyl (C=O) groups excluding carboxylic acids is 1. The van der Waals surface area contributed by atoms with Crippen LogP contribution in [-0.4, -0.2) is 27.5 Å². The summed E-state index contributed by atoms with van der Waals surface area (Å²) in [6.07, 6.45) is 0.223. The molecule has 162 valence electrons. The summed E-state index contributed by atoms with van der Waals surface area (Å²) in [5.41, 5.74) is 1.24. The second-order valence-electron chi connectivity index (χ2n) is 7.54. The Hall–Kier alpha value is -2.84. The van der Waals surface area contributed by atoms with Crippen molar-refractivity contribution in [2.24, 2.45) is 0 Å². The first-order valence-electron chi connectivity index (χ1n) is 9.87. The standard InChI is InChI=1S/C23H23NO5S2/c1-14(2)29-18-10-9-15(11-19(18)28-3)17-12-21(25)24-22-20(13-30-23(17)22)31(26,27)16-7-5-4-6-8-16/h4-11,13-14,17H,12H2,1-3H3,(H,24,25)/t17-/m1/s1. The van der Waals surface area contributed by atoms with Crippen molar-refractivity contribution in [3.05, 3.63) is 64.4 Å². The molecule has 1 amide bonds. The number of amides is 1. The van der Waals surface area contributed by atoms with E-state index in [1.54, 1.807) is 42.8 Å². The summed E-state index contributed by atoms with van der Waals surface area (Å²) >= 11 is 1.34. The molecule has 2 heterocycles. The maximum Gasteiger partial charge on any atom is 0.225 e. The summed E-state index contributed by atoms with van der Waals surface area (Å²) in [5.74, 6) is 0.713. The van der Waals surface area contributed by atoms with Gasteiger partial charge in [-0.1, -0.05) is 24.3 Å². The number of ether oxygens (including phenoxy) is 2. The minimum Gasteiger partial charge on any atom is -0.493 e. The minimum absolute atomic E-state index is 0.00476. The average molecular weight is 458 g/mol. The SMILES string of the molecule is COc1cc([C@H]2CC(=O)Nc3c(S(=O)(=O)c4ccccc4)csc32)ccc1OC(C)C. The summed E-state index contributed by atoms with van der Waals surface area (Å²) in [5, 5.41) is 4.40. The van der Waals surface area contributed by atoms with E-state index in [-0.39, 0.29) is 34.1 Å². The molecular formula is C23H23NO5S2. The fourth-order valence-electron chi connectivity index (χ4n) is 3.65. The van der Waals surface area contributed by atoms with E-state index < -0.39 is 9.84 Å². The van der Waals surface area contributed by atoms with Crippen LogP contribution in [0, 0.1) is 0 Å². The number of rotatable bonds is 6. The Labute approximate surface area is 185 Å². The predicted molar refractivity (Wildman–Crippen MR) is 120 cm³/mol. The molecule has 0 spiro atoms. The van der Waals surface area contributed by atoms with Gasteiger partial charge in [0.05, 0.1) is 23.8 Å². The molecule has 8 heteroatoms. The van der Waals surface area contributed by atoms with Gasteiger partial charge in [-0.3, -0.25) is 4.79 Å². The van der Waals surface area contributed by atoms with E-state index in [0.29, 0.717) is 17.2 Å². The second kappa shape index (κ2) is 8.36. The number of nitrogens with one attached hydrogen (secondary N) is 1. The Morgan fingerprint density at radius 3 is 2.52 bits per heavy atom. The van der Waals surface area contributed by atoms with Gasteiger partial charge < -0.3 is 14.8 Å². The van der Waals surface area contributed by atoms with E-state index in [2.05, 4.69) is 5.32 Å². The zero-order valence-electron chi connectivity index (χ0n) is 17.4. The van der Waals surface area contributed by atoms with Gasteiger partial charge in [0.2, 0.25) is 15.7 Å². The van der Waals surface area contributed by atoms with Gasteiger partial charge in [-0.15, -0.1) is 11.3 Å². The smallest absolute Gasteiger partial charge is 0.225 e. The third-order valence-electron chi connectivity index (χ3n) is 5.05. The fraction of sp³-hybridized carbons (Fsp3) is 0.261. The summed E-state index contributed by atoms with van der Waals surface area (Å²) < 4.78 is 37.6. The highest BCUT2D eigenvalue weighted by Gasteiger charge is 2.34. The van der Waals surface area contributed by atoms with Crippen molar-refractivity contribution in [1.82, 2.24) is 0 Å². The van der Waals surface area contributed by atoms with Gasteiger partial charge in [0.1, 0.15) is 4.90 Å². The van der Waals surface area contributed by atoms with E-state index in [1.165, 1.54) is 11.3 Å². The molecule has 31 heavy (non-hydrogen) atoms. The molecule has 1 N–H and O–H groups in total. The van der Waals surface area contributed by atoms with Crippen molar-refractivity contribution in [1.29, 1.82) is 0 Å². The van der Waals surface area contributed by atoms with Crippen LogP contribution in [0.2, 0.25) is 0 Å². The molecule has 1 aliphatic rings. The van der Waals surface area contributed by atoms with Crippen LogP contribution in [0.4, 0.5) is 5.69 Å². The van der Waals surface area contributed by atoms with Crippen LogP contribution >= 0.6 is 11.3 Å². The van der Waals surface area contributed by atoms with Gasteiger partial charge in [-0.25, -0.2) is 8.42 Å². The highest BCUT2D eigenvalue weighted by molar-refractivity contribution is 7.91. The van der Waals surface area contributed by atoms with Gasteiger partial charge in [-0.2, -0.15) is 0 Å². The van der Waals surface area contributed by atoms with Gasteiger partial charge in [-0.05, 0) is 43.7 Å². The fourth-order valence-corrected chi connectivity index (χ4v) is 6.58. The lowest BCUT2D eigenvalue weighted by Crippen LogP contribution is -2.23. The molecule has 4 rings (SSSR count). The maximum absolute atomic E-state index is 13.2. The topological polar surface area (TPSA) is 81.7 Å². The normalized spacial score (nSPS) is 16.0. The van der Waals surface area contributed by atoms with Crippen molar-refractivity contribution < 1.29 is 22.7 Å². The number of hydrogen-bond donors (Lipinski definition) is 1. The van der Waals surface area contributed by atoms with Crippen LogP contribution in [-0.2, 0) is 14.6 Å². The summed E-state index contributed by atoms with van der Waals surface area (Å²) in [6, 6.07) is 13.8. The summed E-state index contributed by atoms with van der Waals surface area (Å²) in [7, 11) is -2.18. The van der Waals surface area contributed by atoms with Gasteiger partial charge >= 0.3 is 0 Å². The van der Waals surface area contributed by atoms with Crippen LogP contribution in [0.1, 0.15) is 36.6 Å². The Morgan fingerprint density at radius 1 is 1.10 bits per heavy atom. The van der Waals surface area contributed by atoms with Gasteiger partial charge in [0.15, 0.2) is 11.5 Å². The Morgan fingerprint density at radius 2 is 1.84 bits per heavy atom. The van der Waals surface area contributed by atoms with Crippen LogP contribution < -0.4 is 14.8 Å². The number of hydrogen-bond acceptors (Lipinski definition) is 6. The number of anilines is 1. The number of methoxy groups -OCH3 is 1. The van der Waals surface area contributed by atoms with Crippen LogP contribution in [0.15, 0.2) is 63.7 Å². The molecule has 0 bridgehead atoms. The molecular weight excluding hydrogens is 434 g/mol. The lowest BCUT2D eigenvalue weighted by molar-refractivity contribution is -0.116. The van der Waals surface area contributed by atoms with Crippen molar-refractivity contribution in [2.75, 3.05) is 12.4 Å². The molecule has 2 aromatic carbocycles. The number of sulfone groups is 1. The predicted octanol–water partition coefficient (Wildman–Crippen LogP) is 4.85. The quantitative estimate of drug-likeness (QED) is 0.572. The molecule has 0 saturated carbocycles. The minimum atomic E-state index is -3.75. The van der Waals surface area contributed by atoms with E-state index in [9.17, 15) is 13.2 Å². The third kappa shape index (κ3) is 4.05. The zero-order chi connectivity index (χ0) is 22.2. The first-order valence-corrected chi connectivity index (χ1v) is 12.2. The molecule has 0 fully saturated rings. The molecule has 1 aliphatic heterocycles. The molecule has 0 unspecified atom stereocenters. The van der Waals surface area contributed by atoms with Crippen molar-refractivity contribution in [3.8, 4) is 11.5 Å². The molecule has 1 aromatic heterocycles. The van der Waals surface area contributed by atoms with E-state index in [0.717, 1.165) is 10.4 Å². The number of thiophene rings is 1. The first kappa shape index (κ1) is 21.4. The number of carbonyl (C=O) groups is 1. The van der Waals surface area contributed by atoms with Crippen LogP contribution in [0.25, 0.3) is 0 Å². The van der Waals surface area contributed by atoms with E-state index in [1.807, 2.05) is 32.0 Å². The summed E-state index contributed by atoms with van der Waals surface area (Å²) in [4.78, 5) is 13.7.